The van der Waals surface area contributed by atoms with Crippen molar-refractivity contribution in [3.8, 4) is 0 Å². The molecule has 18 heavy (non-hydrogen) atoms. The van der Waals surface area contributed by atoms with E-state index in [0.717, 1.165) is 11.4 Å². The molecule has 0 bridgehead atoms. The third-order valence-corrected chi connectivity index (χ3v) is 3.82. The molecule has 0 spiro atoms. The number of nitrogens with zero attached hydrogens (tertiary/aromatic N) is 2. The van der Waals surface area contributed by atoms with Crippen molar-refractivity contribution in [3.05, 3.63) is 48.4 Å². The quantitative estimate of drug-likeness (QED) is 0.894. The van der Waals surface area contributed by atoms with Crippen LogP contribution in [0.15, 0.2) is 52.8 Å². The predicted molar refractivity (Wildman–Crippen MR) is 74.7 cm³/mol. The number of rotatable bonds is 5. The number of hydrogen-bond donors (Lipinski definition) is 1. The molecule has 0 aliphatic carbocycles. The van der Waals surface area contributed by atoms with Crippen LogP contribution in [0.4, 0.5) is 0 Å². The van der Waals surface area contributed by atoms with Crippen LogP contribution in [0, 0.1) is 0 Å². The van der Waals surface area contributed by atoms with E-state index in [-0.39, 0.29) is 0 Å². The summed E-state index contributed by atoms with van der Waals surface area (Å²) in [4.78, 5) is 9.64. The maximum absolute atomic E-state index is 4.31. The van der Waals surface area contributed by atoms with Gasteiger partial charge in [-0.15, -0.1) is 0 Å². The minimum Gasteiger partial charge on any atom is -0.313 e. The lowest BCUT2D eigenvalue weighted by Gasteiger charge is -2.17. The highest BCUT2D eigenvalue weighted by Gasteiger charge is 2.12. The van der Waals surface area contributed by atoms with E-state index < -0.39 is 0 Å². The van der Waals surface area contributed by atoms with Crippen LogP contribution in [-0.2, 0) is 0 Å². The second-order valence-corrected chi connectivity index (χ2v) is 5.00. The summed E-state index contributed by atoms with van der Waals surface area (Å²) in [6.07, 6.45) is 6.27. The van der Waals surface area contributed by atoms with E-state index >= 15 is 0 Å². The molecule has 0 radical (unpaired) electrons. The Morgan fingerprint density at radius 2 is 2.11 bits per heavy atom. The van der Waals surface area contributed by atoms with Crippen LogP contribution in [-0.4, -0.2) is 17.0 Å². The standard InChI is InChI=1S/C14H17N3S/c1-3-12(15-2)11-6-4-5-7-13(11)18-14-10-16-8-9-17-14/h4-10,12,15H,3H2,1-2H3. The molecule has 4 heteroatoms. The lowest BCUT2D eigenvalue weighted by atomic mass is 10.1. The van der Waals surface area contributed by atoms with E-state index in [1.54, 1.807) is 30.4 Å². The van der Waals surface area contributed by atoms with Gasteiger partial charge in [0.1, 0.15) is 5.03 Å². The summed E-state index contributed by atoms with van der Waals surface area (Å²) in [5.74, 6) is 0. The minimum absolute atomic E-state index is 0.380. The topological polar surface area (TPSA) is 37.8 Å². The molecule has 2 rings (SSSR count). The molecule has 0 aliphatic heterocycles. The maximum atomic E-state index is 4.31. The molecule has 2 aromatic rings. The zero-order valence-electron chi connectivity index (χ0n) is 10.6. The molecule has 0 fully saturated rings. The molecule has 94 valence electrons. The van der Waals surface area contributed by atoms with Gasteiger partial charge in [0, 0.05) is 23.3 Å². The number of hydrogen-bond acceptors (Lipinski definition) is 4. The summed E-state index contributed by atoms with van der Waals surface area (Å²) in [7, 11) is 2.00. The first kappa shape index (κ1) is 13.1. The molecular weight excluding hydrogens is 242 g/mol. The maximum Gasteiger partial charge on any atom is 0.119 e. The molecule has 1 heterocycles. The lowest BCUT2D eigenvalue weighted by molar-refractivity contribution is 0.568. The Kier molecular flexibility index (Phi) is 4.73. The van der Waals surface area contributed by atoms with E-state index in [2.05, 4.69) is 46.5 Å². The monoisotopic (exact) mass is 259 g/mol. The Balaban J connectivity index is 2.28. The highest BCUT2D eigenvalue weighted by molar-refractivity contribution is 7.99. The number of nitrogens with one attached hydrogen (secondary N) is 1. The van der Waals surface area contributed by atoms with Crippen LogP contribution >= 0.6 is 11.8 Å². The van der Waals surface area contributed by atoms with Gasteiger partial charge in [0.15, 0.2) is 0 Å². The zero-order chi connectivity index (χ0) is 12.8. The van der Waals surface area contributed by atoms with E-state index in [9.17, 15) is 0 Å². The Labute approximate surface area is 112 Å². The molecule has 0 saturated carbocycles. The first-order valence-corrected chi connectivity index (χ1v) is 6.87. The average molecular weight is 259 g/mol. The van der Waals surface area contributed by atoms with Gasteiger partial charge in [0.2, 0.25) is 0 Å². The van der Waals surface area contributed by atoms with Crippen molar-refractivity contribution in [1.29, 1.82) is 0 Å². The molecule has 0 aliphatic rings. The summed E-state index contributed by atoms with van der Waals surface area (Å²) < 4.78 is 0. The van der Waals surface area contributed by atoms with Gasteiger partial charge in [0.25, 0.3) is 0 Å². The average Bonchev–Trinajstić information content (AvgIpc) is 2.43. The summed E-state index contributed by atoms with van der Waals surface area (Å²) in [6.45, 7) is 2.19. The highest BCUT2D eigenvalue weighted by Crippen LogP contribution is 2.32. The minimum atomic E-state index is 0.380. The van der Waals surface area contributed by atoms with Gasteiger partial charge >= 0.3 is 0 Å². The fourth-order valence-electron chi connectivity index (χ4n) is 1.89. The van der Waals surface area contributed by atoms with Crippen molar-refractivity contribution in [2.75, 3.05) is 7.05 Å². The summed E-state index contributed by atoms with van der Waals surface area (Å²) in [6, 6.07) is 8.82. The second kappa shape index (κ2) is 6.52. The second-order valence-electron chi connectivity index (χ2n) is 3.93. The molecule has 3 nitrogen and oxygen atoms in total. The van der Waals surface area contributed by atoms with E-state index in [4.69, 9.17) is 0 Å². The molecule has 1 unspecified atom stereocenters. The molecule has 0 amide bonds. The van der Waals surface area contributed by atoms with Crippen molar-refractivity contribution >= 4 is 11.8 Å². The highest BCUT2D eigenvalue weighted by atomic mass is 32.2. The molecule has 1 aromatic heterocycles. The van der Waals surface area contributed by atoms with Crippen molar-refractivity contribution in [3.63, 3.8) is 0 Å². The van der Waals surface area contributed by atoms with Crippen LogP contribution in [0.2, 0.25) is 0 Å². The van der Waals surface area contributed by atoms with Crippen LogP contribution < -0.4 is 5.32 Å². The summed E-state index contributed by atoms with van der Waals surface area (Å²) >= 11 is 1.66. The molecular formula is C14H17N3S. The van der Waals surface area contributed by atoms with Crippen molar-refractivity contribution < 1.29 is 0 Å². The molecule has 0 saturated heterocycles. The Morgan fingerprint density at radius 1 is 1.28 bits per heavy atom. The first-order valence-electron chi connectivity index (χ1n) is 6.05. The lowest BCUT2D eigenvalue weighted by Crippen LogP contribution is -2.15. The van der Waals surface area contributed by atoms with E-state index in [1.807, 2.05) is 7.05 Å². The van der Waals surface area contributed by atoms with Crippen molar-refractivity contribution in [2.24, 2.45) is 0 Å². The van der Waals surface area contributed by atoms with Crippen LogP contribution in [0.25, 0.3) is 0 Å². The number of benzene rings is 1. The Hall–Kier alpha value is -1.39. The molecule has 1 atom stereocenters. The zero-order valence-corrected chi connectivity index (χ0v) is 11.4. The summed E-state index contributed by atoms with van der Waals surface area (Å²) in [5.41, 5.74) is 1.32. The molecule has 1 N–H and O–H groups in total. The largest absolute Gasteiger partial charge is 0.313 e. The fourth-order valence-corrected chi connectivity index (χ4v) is 2.82. The van der Waals surface area contributed by atoms with Crippen molar-refractivity contribution in [2.45, 2.75) is 29.3 Å². The van der Waals surface area contributed by atoms with Crippen LogP contribution in [0.5, 0.6) is 0 Å². The third kappa shape index (κ3) is 3.09. The van der Waals surface area contributed by atoms with Gasteiger partial charge in [-0.1, -0.05) is 36.9 Å². The van der Waals surface area contributed by atoms with E-state index in [1.165, 1.54) is 10.5 Å². The molecule has 1 aromatic carbocycles. The first-order chi connectivity index (χ1) is 8.85. The van der Waals surface area contributed by atoms with E-state index in [0.29, 0.717) is 6.04 Å². The normalized spacial score (nSPS) is 12.3. The van der Waals surface area contributed by atoms with Gasteiger partial charge < -0.3 is 5.32 Å². The SMILES string of the molecule is CCC(NC)c1ccccc1Sc1cnccn1. The smallest absolute Gasteiger partial charge is 0.119 e. The summed E-state index contributed by atoms with van der Waals surface area (Å²) in [5, 5.41) is 4.27. The predicted octanol–water partition coefficient (Wildman–Crippen LogP) is 3.30. The van der Waals surface area contributed by atoms with Crippen molar-refractivity contribution in [1.82, 2.24) is 15.3 Å². The van der Waals surface area contributed by atoms with Crippen LogP contribution in [0.3, 0.4) is 0 Å². The van der Waals surface area contributed by atoms with Gasteiger partial charge in [-0.2, -0.15) is 0 Å². The Bertz CT molecular complexity index is 483. The van der Waals surface area contributed by atoms with Crippen LogP contribution in [0.1, 0.15) is 24.9 Å². The van der Waals surface area contributed by atoms with Gasteiger partial charge in [-0.3, -0.25) is 4.98 Å². The Morgan fingerprint density at radius 3 is 2.78 bits per heavy atom. The van der Waals surface area contributed by atoms with Gasteiger partial charge in [-0.05, 0) is 25.1 Å². The number of aromatic nitrogens is 2. The van der Waals surface area contributed by atoms with Gasteiger partial charge in [0.05, 0.1) is 6.20 Å². The third-order valence-electron chi connectivity index (χ3n) is 2.81. The fraction of sp³-hybridized carbons (Fsp3) is 0.286. The van der Waals surface area contributed by atoms with Gasteiger partial charge in [-0.25, -0.2) is 4.98 Å².